The third-order valence-electron chi connectivity index (χ3n) is 1.17. The molecule has 12 heavy (non-hydrogen) atoms. The molecule has 0 aliphatic rings. The Bertz CT molecular complexity index is 282. The van der Waals surface area contributed by atoms with Crippen molar-refractivity contribution in [3.05, 3.63) is 29.6 Å². The zero-order valence-corrected chi connectivity index (χ0v) is 6.12. The first kappa shape index (κ1) is 8.19. The van der Waals surface area contributed by atoms with Crippen LogP contribution >= 0.6 is 0 Å². The first-order chi connectivity index (χ1) is 5.86. The molecule has 0 fully saturated rings. The second-order valence-electron chi connectivity index (χ2n) is 1.98. The van der Waals surface area contributed by atoms with Crippen LogP contribution in [0.1, 0.15) is 11.4 Å². The number of nitrogens with zero attached hydrogens (tertiary/aromatic N) is 3. The molecule has 0 saturated heterocycles. The van der Waals surface area contributed by atoms with Gasteiger partial charge in [0.2, 0.25) is 0 Å². The van der Waals surface area contributed by atoms with E-state index in [1.165, 1.54) is 12.4 Å². The van der Waals surface area contributed by atoms with Crippen LogP contribution in [0.3, 0.4) is 0 Å². The molecule has 0 saturated carbocycles. The van der Waals surface area contributed by atoms with Gasteiger partial charge in [-0.1, -0.05) is 16.4 Å². The van der Waals surface area contributed by atoms with Crippen molar-refractivity contribution in [3.8, 4) is 0 Å². The van der Waals surface area contributed by atoms with Crippen molar-refractivity contribution in [2.45, 2.75) is 0 Å². The average Bonchev–Trinajstić information content (AvgIpc) is 2.06. The van der Waals surface area contributed by atoms with Crippen LogP contribution in [0.15, 0.2) is 28.5 Å². The van der Waals surface area contributed by atoms with Gasteiger partial charge in [0.25, 0.3) is 0 Å². The van der Waals surface area contributed by atoms with E-state index >= 15 is 0 Å². The second kappa shape index (κ2) is 4.07. The third-order valence-corrected chi connectivity index (χ3v) is 1.17. The van der Waals surface area contributed by atoms with Gasteiger partial charge in [-0.2, -0.15) is 0 Å². The van der Waals surface area contributed by atoms with Crippen molar-refractivity contribution in [1.82, 2.24) is 4.98 Å². The molecule has 5 heteroatoms. The summed E-state index contributed by atoms with van der Waals surface area (Å²) < 4.78 is 0. The van der Waals surface area contributed by atoms with Gasteiger partial charge >= 0.3 is 0 Å². The Labute approximate surface area is 68.7 Å². The van der Waals surface area contributed by atoms with Crippen LogP contribution in [0.2, 0.25) is 0 Å². The van der Waals surface area contributed by atoms with Gasteiger partial charge in [-0.3, -0.25) is 0 Å². The molecule has 0 amide bonds. The number of rotatable bonds is 2. The van der Waals surface area contributed by atoms with Crippen LogP contribution in [0.4, 0.5) is 0 Å². The summed E-state index contributed by atoms with van der Waals surface area (Å²) >= 11 is 0. The molecule has 0 atom stereocenters. The zero-order valence-electron chi connectivity index (χ0n) is 6.12. The van der Waals surface area contributed by atoms with Gasteiger partial charge in [-0.05, 0) is 12.1 Å². The van der Waals surface area contributed by atoms with Gasteiger partial charge in [-0.15, -0.1) is 0 Å². The Morgan fingerprint density at radius 2 is 1.58 bits per heavy atom. The normalized spacial score (nSPS) is 11.3. The number of aromatic nitrogens is 1. The molecular weight excluding hydrogens is 158 g/mol. The molecule has 1 rings (SSSR count). The predicted molar refractivity (Wildman–Crippen MR) is 43.0 cm³/mol. The van der Waals surface area contributed by atoms with Gasteiger partial charge in [0, 0.05) is 0 Å². The molecule has 0 aliphatic carbocycles. The highest BCUT2D eigenvalue weighted by atomic mass is 16.4. The van der Waals surface area contributed by atoms with Crippen molar-refractivity contribution >= 4 is 12.4 Å². The standard InChI is InChI=1S/C7H7N3O2/c11-8-4-6-2-1-3-7(10-6)5-9-12/h1-5,11-12H/b8-4-,9-5?. The molecular formula is C7H7N3O2. The zero-order chi connectivity index (χ0) is 8.81. The quantitative estimate of drug-likeness (QED) is 0.384. The SMILES string of the molecule is ON=Cc1cccc(/C=N\O)n1. The molecule has 0 aliphatic heterocycles. The minimum absolute atomic E-state index is 0.495. The summed E-state index contributed by atoms with van der Waals surface area (Å²) in [6.07, 6.45) is 2.38. The van der Waals surface area contributed by atoms with Crippen LogP contribution in [-0.2, 0) is 0 Å². The number of oxime groups is 2. The van der Waals surface area contributed by atoms with Crippen LogP contribution in [0, 0.1) is 0 Å². The lowest BCUT2D eigenvalue weighted by atomic mass is 10.3. The Balaban J connectivity index is 2.95. The summed E-state index contributed by atoms with van der Waals surface area (Å²) in [7, 11) is 0. The Hall–Kier alpha value is -1.91. The summed E-state index contributed by atoms with van der Waals surface area (Å²) in [5, 5.41) is 22.0. The van der Waals surface area contributed by atoms with E-state index in [2.05, 4.69) is 15.3 Å². The van der Waals surface area contributed by atoms with E-state index < -0.39 is 0 Å². The van der Waals surface area contributed by atoms with E-state index in [1.807, 2.05) is 0 Å². The molecule has 0 bridgehead atoms. The molecule has 1 aromatic heterocycles. The lowest BCUT2D eigenvalue weighted by Crippen LogP contribution is -1.92. The molecule has 1 heterocycles. The maximum Gasteiger partial charge on any atom is 0.0918 e. The Morgan fingerprint density at radius 3 is 2.00 bits per heavy atom. The van der Waals surface area contributed by atoms with Crippen molar-refractivity contribution in [1.29, 1.82) is 0 Å². The maximum atomic E-state index is 8.19. The minimum Gasteiger partial charge on any atom is -0.411 e. The summed E-state index contributed by atoms with van der Waals surface area (Å²) in [5.41, 5.74) is 0.991. The molecule has 0 aromatic carbocycles. The van der Waals surface area contributed by atoms with Gasteiger partial charge < -0.3 is 10.4 Å². The van der Waals surface area contributed by atoms with Crippen molar-refractivity contribution in [2.24, 2.45) is 10.3 Å². The summed E-state index contributed by atoms with van der Waals surface area (Å²) in [6.45, 7) is 0. The number of pyridine rings is 1. The Kier molecular flexibility index (Phi) is 2.78. The van der Waals surface area contributed by atoms with Crippen molar-refractivity contribution in [2.75, 3.05) is 0 Å². The van der Waals surface area contributed by atoms with E-state index in [9.17, 15) is 0 Å². The third kappa shape index (κ3) is 2.05. The lowest BCUT2D eigenvalue weighted by Gasteiger charge is -1.92. The minimum atomic E-state index is 0.495. The summed E-state index contributed by atoms with van der Waals surface area (Å²) in [4.78, 5) is 3.93. The molecule has 62 valence electrons. The van der Waals surface area contributed by atoms with E-state index in [0.29, 0.717) is 11.4 Å². The topological polar surface area (TPSA) is 78.1 Å². The lowest BCUT2D eigenvalue weighted by molar-refractivity contribution is 0.321. The Morgan fingerprint density at radius 1 is 1.08 bits per heavy atom. The molecule has 5 nitrogen and oxygen atoms in total. The van der Waals surface area contributed by atoms with E-state index in [0.717, 1.165) is 0 Å². The highest BCUT2D eigenvalue weighted by Gasteiger charge is 1.91. The van der Waals surface area contributed by atoms with E-state index in [-0.39, 0.29) is 0 Å². The van der Waals surface area contributed by atoms with Crippen LogP contribution in [0.5, 0.6) is 0 Å². The van der Waals surface area contributed by atoms with Crippen molar-refractivity contribution < 1.29 is 10.4 Å². The largest absolute Gasteiger partial charge is 0.411 e. The van der Waals surface area contributed by atoms with Crippen molar-refractivity contribution in [3.63, 3.8) is 0 Å². The van der Waals surface area contributed by atoms with Gasteiger partial charge in [0.05, 0.1) is 23.8 Å². The highest BCUT2D eigenvalue weighted by Crippen LogP contribution is 1.94. The highest BCUT2D eigenvalue weighted by molar-refractivity contribution is 5.81. The van der Waals surface area contributed by atoms with Crippen LogP contribution in [-0.4, -0.2) is 27.8 Å². The fourth-order valence-corrected chi connectivity index (χ4v) is 0.731. The molecule has 0 unspecified atom stereocenters. The molecule has 2 N–H and O–H groups in total. The molecule has 1 aromatic rings. The fraction of sp³-hybridized carbons (Fsp3) is 0. The first-order valence-electron chi connectivity index (χ1n) is 3.18. The summed E-state index contributed by atoms with van der Waals surface area (Å²) in [5.74, 6) is 0. The monoisotopic (exact) mass is 165 g/mol. The predicted octanol–water partition coefficient (Wildman–Crippen LogP) is 0.698. The van der Waals surface area contributed by atoms with Gasteiger partial charge in [-0.25, -0.2) is 4.98 Å². The average molecular weight is 165 g/mol. The van der Waals surface area contributed by atoms with E-state index in [4.69, 9.17) is 10.4 Å². The smallest absolute Gasteiger partial charge is 0.0918 e. The maximum absolute atomic E-state index is 8.19. The van der Waals surface area contributed by atoms with E-state index in [1.54, 1.807) is 18.2 Å². The first-order valence-corrected chi connectivity index (χ1v) is 3.18. The molecule has 0 radical (unpaired) electrons. The number of hydrogen-bond acceptors (Lipinski definition) is 5. The number of hydrogen-bond donors (Lipinski definition) is 2. The van der Waals surface area contributed by atoms with Crippen LogP contribution in [0.25, 0.3) is 0 Å². The molecule has 0 spiro atoms. The van der Waals surface area contributed by atoms with Gasteiger partial charge in [0.15, 0.2) is 0 Å². The summed E-state index contributed by atoms with van der Waals surface area (Å²) in [6, 6.07) is 5.03. The second-order valence-corrected chi connectivity index (χ2v) is 1.98. The fourth-order valence-electron chi connectivity index (χ4n) is 0.731. The van der Waals surface area contributed by atoms with Crippen LogP contribution < -0.4 is 0 Å². The van der Waals surface area contributed by atoms with Gasteiger partial charge in [0.1, 0.15) is 0 Å².